The van der Waals surface area contributed by atoms with Crippen molar-refractivity contribution in [2.75, 3.05) is 6.35 Å². The third-order valence-corrected chi connectivity index (χ3v) is 12.8. The molecule has 0 fully saturated rings. The van der Waals surface area contributed by atoms with Gasteiger partial charge in [-0.1, -0.05) is 18.2 Å². The van der Waals surface area contributed by atoms with Gasteiger partial charge in [0.05, 0.1) is 0 Å². The maximum atomic E-state index is 13.8. The zero-order valence-corrected chi connectivity index (χ0v) is 28.5. The first-order valence-corrected chi connectivity index (χ1v) is 20.9. The number of halogens is 1. The Morgan fingerprint density at radius 1 is 0.533 bits per heavy atom. The molecule has 8 nitrogen and oxygen atoms in total. The van der Waals surface area contributed by atoms with Gasteiger partial charge in [-0.25, -0.2) is 4.57 Å². The van der Waals surface area contributed by atoms with Crippen LogP contribution in [0.25, 0.3) is 0 Å². The first-order chi connectivity index (χ1) is 21.7. The summed E-state index contributed by atoms with van der Waals surface area (Å²) in [4.78, 5) is 0. The molecular formula is C34H32IO8P2-. The normalized spacial score (nSPS) is 13.0. The molecule has 45 heavy (non-hydrogen) atoms. The Hall–Kier alpha value is -3.75. The van der Waals surface area contributed by atoms with Crippen molar-refractivity contribution in [3.05, 3.63) is 151 Å². The van der Waals surface area contributed by atoms with Gasteiger partial charge in [-0.2, -0.15) is 0 Å². The summed E-state index contributed by atoms with van der Waals surface area (Å²) in [7, 11) is -3.82. The molecule has 0 aliphatic rings. The number of hydrogen-bond donors (Lipinski definition) is 1. The molecule has 0 aromatic heterocycles. The van der Waals surface area contributed by atoms with Gasteiger partial charge in [0, 0.05) is 0 Å². The van der Waals surface area contributed by atoms with Crippen molar-refractivity contribution in [3.8, 4) is 28.7 Å². The summed E-state index contributed by atoms with van der Waals surface area (Å²) in [6.45, 7) is 4.16. The summed E-state index contributed by atoms with van der Waals surface area (Å²) >= 11 is -1.53. The van der Waals surface area contributed by atoms with Crippen LogP contribution < -0.4 is 42.2 Å². The van der Waals surface area contributed by atoms with Crippen LogP contribution in [-0.2, 0) is 14.5 Å². The molecule has 11 heteroatoms. The number of hydrogen-bond acceptors (Lipinski definition) is 8. The van der Waals surface area contributed by atoms with Crippen LogP contribution >= 0.6 is 12.8 Å². The number of benzene rings is 5. The van der Waals surface area contributed by atoms with Gasteiger partial charge in [0.15, 0.2) is 6.35 Å². The van der Waals surface area contributed by atoms with E-state index in [1.807, 2.05) is 54.6 Å². The fourth-order valence-electron chi connectivity index (χ4n) is 4.24. The fraction of sp³-hybridized carbons (Fsp3) is 0.118. The molecule has 1 unspecified atom stereocenters. The molecule has 5 aromatic carbocycles. The van der Waals surface area contributed by atoms with Gasteiger partial charge in [0.1, 0.15) is 5.75 Å². The molecule has 0 saturated heterocycles. The molecule has 0 bridgehead atoms. The summed E-state index contributed by atoms with van der Waals surface area (Å²) in [6.07, 6.45) is -0.766. The summed E-state index contributed by atoms with van der Waals surface area (Å²) in [6, 6.07) is 41.1. The summed E-state index contributed by atoms with van der Waals surface area (Å²) in [5, 5.41) is 6.10. The molecule has 0 saturated carbocycles. The van der Waals surface area contributed by atoms with Crippen LogP contribution in [0.4, 0.5) is 0 Å². The number of aliphatic hydroxyl groups excluding tert-OH is 1. The molecule has 0 spiro atoms. The van der Waals surface area contributed by atoms with E-state index < -0.39 is 45.7 Å². The standard InChI is InChI=1S/C34H32IO8P2/c1-34(2,28-20-24-33(25-21-28)41-44(37,26-36)40-30-12-6-3-7-13-30)27-18-22-29(23-19-27)39-35-45(38,42-31-14-8-4-9-15-31)43-32-16-10-5-11-17-32/h3-25,36H,26H2,1-2H3/q-1. The van der Waals surface area contributed by atoms with E-state index in [4.69, 9.17) is 21.2 Å². The number of para-hydroxylation sites is 3. The van der Waals surface area contributed by atoms with Crippen molar-refractivity contribution in [2.24, 2.45) is 0 Å². The van der Waals surface area contributed by atoms with E-state index >= 15 is 0 Å². The maximum absolute atomic E-state index is 13.8. The minimum absolute atomic E-state index is 0.315. The number of rotatable bonds is 14. The molecule has 0 aliphatic carbocycles. The molecule has 1 N–H and O–H groups in total. The van der Waals surface area contributed by atoms with E-state index in [0.717, 1.165) is 11.1 Å². The van der Waals surface area contributed by atoms with Crippen molar-refractivity contribution in [2.45, 2.75) is 19.3 Å². The molecule has 234 valence electrons. The average molecular weight is 757 g/mol. The summed E-state index contributed by atoms with van der Waals surface area (Å²) in [5.41, 5.74) is 1.59. The molecular weight excluding hydrogens is 725 g/mol. The van der Waals surface area contributed by atoms with Gasteiger partial charge in [0.2, 0.25) is 0 Å². The van der Waals surface area contributed by atoms with Crippen LogP contribution in [0.3, 0.4) is 0 Å². The monoisotopic (exact) mass is 757 g/mol. The second-order valence-electron chi connectivity index (χ2n) is 10.3. The van der Waals surface area contributed by atoms with Crippen molar-refractivity contribution < 1.29 is 56.5 Å². The predicted octanol–water partition coefficient (Wildman–Crippen LogP) is 6.26. The Bertz CT molecular complexity index is 1710. The zero-order chi connectivity index (χ0) is 31.8. The fourth-order valence-corrected chi connectivity index (χ4v) is 9.83. The average Bonchev–Trinajstić information content (AvgIpc) is 3.05. The third-order valence-electron chi connectivity index (χ3n) is 6.68. The molecule has 5 rings (SSSR count). The van der Waals surface area contributed by atoms with Gasteiger partial charge in [-0.15, -0.1) is 0 Å². The minimum atomic E-state index is -3.82. The van der Waals surface area contributed by atoms with Gasteiger partial charge in [-0.05, 0) is 12.1 Å². The Kier molecular flexibility index (Phi) is 10.6. The quantitative estimate of drug-likeness (QED) is 0.105. The second kappa shape index (κ2) is 14.6. The molecule has 0 heterocycles. The Balaban J connectivity index is 1.25. The Labute approximate surface area is 273 Å². The Morgan fingerprint density at radius 3 is 1.29 bits per heavy atom. The van der Waals surface area contributed by atoms with Gasteiger partial charge in [0.25, 0.3) is 0 Å². The van der Waals surface area contributed by atoms with Crippen LogP contribution in [0.1, 0.15) is 25.0 Å². The van der Waals surface area contributed by atoms with Crippen molar-refractivity contribution >= 4 is 12.8 Å². The zero-order valence-electron chi connectivity index (χ0n) is 24.6. The molecule has 1 atom stereocenters. The van der Waals surface area contributed by atoms with Crippen molar-refractivity contribution in [3.63, 3.8) is 0 Å². The van der Waals surface area contributed by atoms with Crippen LogP contribution in [0.5, 0.6) is 28.7 Å². The Morgan fingerprint density at radius 2 is 0.889 bits per heavy atom. The van der Waals surface area contributed by atoms with Gasteiger partial charge < -0.3 is 9.63 Å². The summed E-state index contributed by atoms with van der Waals surface area (Å²) < 4.78 is 55.6. The van der Waals surface area contributed by atoms with Crippen LogP contribution in [-0.4, -0.2) is 11.5 Å². The van der Waals surface area contributed by atoms with Gasteiger partial charge >= 0.3 is 218 Å². The SMILES string of the molecule is CC(C)(c1ccc(O[I-]P(=O)(Oc2ccccc2)Oc2ccccc2)cc1)c1ccc(OP(=O)(CO)Oc2ccccc2)cc1. The van der Waals surface area contributed by atoms with E-state index in [9.17, 15) is 14.2 Å². The topological polar surface area (TPSA) is 101 Å². The first-order valence-electron chi connectivity index (χ1n) is 13.9. The van der Waals surface area contributed by atoms with E-state index in [1.165, 1.54) is 0 Å². The van der Waals surface area contributed by atoms with E-state index in [2.05, 4.69) is 13.8 Å². The molecule has 0 radical (unpaired) electrons. The van der Waals surface area contributed by atoms with Crippen LogP contribution in [0.15, 0.2) is 140 Å². The first kappa shape index (κ1) is 32.6. The molecule has 0 amide bonds. The predicted molar refractivity (Wildman–Crippen MR) is 170 cm³/mol. The van der Waals surface area contributed by atoms with E-state index in [-0.39, 0.29) is 0 Å². The van der Waals surface area contributed by atoms with Crippen molar-refractivity contribution in [1.29, 1.82) is 0 Å². The third kappa shape index (κ3) is 8.92. The summed E-state index contributed by atoms with van der Waals surface area (Å²) in [5.74, 6) is 2.10. The van der Waals surface area contributed by atoms with Crippen molar-refractivity contribution in [1.82, 2.24) is 0 Å². The number of aliphatic hydroxyl groups is 1. The van der Waals surface area contributed by atoms with Crippen LogP contribution in [0, 0.1) is 0 Å². The molecule has 5 aromatic rings. The van der Waals surface area contributed by atoms with E-state index in [1.54, 1.807) is 84.9 Å². The second-order valence-corrected chi connectivity index (χ2v) is 18.7. The van der Waals surface area contributed by atoms with Gasteiger partial charge in [-0.3, -0.25) is 0 Å². The van der Waals surface area contributed by atoms with Crippen LogP contribution in [0.2, 0.25) is 0 Å². The molecule has 0 aliphatic heterocycles. The van der Waals surface area contributed by atoms with E-state index in [0.29, 0.717) is 28.7 Å².